The van der Waals surface area contributed by atoms with E-state index in [-0.39, 0.29) is 6.04 Å². The normalized spacial score (nSPS) is 12.2. The van der Waals surface area contributed by atoms with Gasteiger partial charge in [0.15, 0.2) is 11.5 Å². The van der Waals surface area contributed by atoms with Crippen LogP contribution in [-0.2, 0) is 0 Å². The summed E-state index contributed by atoms with van der Waals surface area (Å²) in [7, 11) is 3.27. The van der Waals surface area contributed by atoms with Crippen LogP contribution in [0.15, 0.2) is 34.7 Å². The van der Waals surface area contributed by atoms with E-state index in [4.69, 9.17) is 13.9 Å². The van der Waals surface area contributed by atoms with Crippen molar-refractivity contribution in [1.82, 2.24) is 5.32 Å². The Bertz CT molecular complexity index is 563. The van der Waals surface area contributed by atoms with Crippen molar-refractivity contribution in [2.45, 2.75) is 19.9 Å². The van der Waals surface area contributed by atoms with E-state index in [1.54, 1.807) is 14.2 Å². The number of rotatable bonds is 6. The Hall–Kier alpha value is -1.94. The fraction of sp³-hybridized carbons (Fsp3) is 0.375. The fourth-order valence-electron chi connectivity index (χ4n) is 2.23. The quantitative estimate of drug-likeness (QED) is 0.878. The standard InChI is InChI=1S/C16H21NO3/c1-5-17-16(14-8-6-11(2)20-14)12-7-9-13(18-3)15(10-12)19-4/h6-10,16-17H,5H2,1-4H3. The van der Waals surface area contributed by atoms with E-state index in [1.165, 1.54) is 0 Å². The van der Waals surface area contributed by atoms with Gasteiger partial charge in [-0.05, 0) is 43.3 Å². The Morgan fingerprint density at radius 1 is 1.10 bits per heavy atom. The summed E-state index contributed by atoms with van der Waals surface area (Å²) in [6.45, 7) is 4.86. The van der Waals surface area contributed by atoms with Crippen molar-refractivity contribution in [2.24, 2.45) is 0 Å². The number of benzene rings is 1. The predicted octanol–water partition coefficient (Wildman–Crippen LogP) is 3.30. The number of nitrogens with one attached hydrogen (secondary N) is 1. The maximum absolute atomic E-state index is 5.75. The van der Waals surface area contributed by atoms with Gasteiger partial charge in [0, 0.05) is 0 Å². The number of methoxy groups -OCH3 is 2. The Labute approximate surface area is 119 Å². The molecule has 1 N–H and O–H groups in total. The first-order valence-electron chi connectivity index (χ1n) is 6.71. The molecule has 1 heterocycles. The molecule has 0 spiro atoms. The molecule has 20 heavy (non-hydrogen) atoms. The lowest BCUT2D eigenvalue weighted by molar-refractivity contribution is 0.353. The molecule has 4 heteroatoms. The van der Waals surface area contributed by atoms with E-state index in [2.05, 4.69) is 12.2 Å². The van der Waals surface area contributed by atoms with E-state index in [9.17, 15) is 0 Å². The second-order valence-electron chi connectivity index (χ2n) is 4.55. The Balaban J connectivity index is 2.39. The molecule has 0 amide bonds. The lowest BCUT2D eigenvalue weighted by Crippen LogP contribution is -2.21. The van der Waals surface area contributed by atoms with E-state index in [1.807, 2.05) is 37.3 Å². The molecule has 0 aliphatic rings. The van der Waals surface area contributed by atoms with E-state index in [0.29, 0.717) is 0 Å². The first-order valence-corrected chi connectivity index (χ1v) is 6.71. The Kier molecular flexibility index (Phi) is 4.69. The minimum absolute atomic E-state index is 0.00788. The van der Waals surface area contributed by atoms with E-state index >= 15 is 0 Å². The molecule has 108 valence electrons. The molecular weight excluding hydrogens is 254 g/mol. The van der Waals surface area contributed by atoms with Crippen molar-refractivity contribution in [2.75, 3.05) is 20.8 Å². The van der Waals surface area contributed by atoms with Crippen LogP contribution < -0.4 is 14.8 Å². The fourth-order valence-corrected chi connectivity index (χ4v) is 2.23. The van der Waals surface area contributed by atoms with Gasteiger partial charge >= 0.3 is 0 Å². The number of aryl methyl sites for hydroxylation is 1. The molecule has 2 rings (SSSR count). The molecule has 0 saturated carbocycles. The van der Waals surface area contributed by atoms with Crippen LogP contribution >= 0.6 is 0 Å². The molecule has 0 radical (unpaired) electrons. The molecule has 0 aliphatic heterocycles. The minimum atomic E-state index is 0.00788. The molecule has 1 aromatic carbocycles. The Morgan fingerprint density at radius 3 is 2.40 bits per heavy atom. The summed E-state index contributed by atoms with van der Waals surface area (Å²) in [5.74, 6) is 3.25. The monoisotopic (exact) mass is 275 g/mol. The predicted molar refractivity (Wildman–Crippen MR) is 78.5 cm³/mol. The third-order valence-corrected chi connectivity index (χ3v) is 3.19. The first-order chi connectivity index (χ1) is 9.69. The van der Waals surface area contributed by atoms with Gasteiger partial charge in [0.2, 0.25) is 0 Å². The van der Waals surface area contributed by atoms with Gasteiger partial charge < -0.3 is 19.2 Å². The van der Waals surface area contributed by atoms with Gasteiger partial charge in [0.1, 0.15) is 11.5 Å². The third-order valence-electron chi connectivity index (χ3n) is 3.19. The summed E-state index contributed by atoms with van der Waals surface area (Å²) in [4.78, 5) is 0. The summed E-state index contributed by atoms with van der Waals surface area (Å²) in [6.07, 6.45) is 0. The zero-order valence-corrected chi connectivity index (χ0v) is 12.4. The zero-order chi connectivity index (χ0) is 14.5. The van der Waals surface area contributed by atoms with Crippen molar-refractivity contribution in [3.05, 3.63) is 47.4 Å². The van der Waals surface area contributed by atoms with Crippen LogP contribution in [0.3, 0.4) is 0 Å². The molecular formula is C16H21NO3. The van der Waals surface area contributed by atoms with Crippen molar-refractivity contribution in [1.29, 1.82) is 0 Å². The van der Waals surface area contributed by atoms with Gasteiger partial charge in [-0.15, -0.1) is 0 Å². The number of hydrogen-bond donors (Lipinski definition) is 1. The highest BCUT2D eigenvalue weighted by Gasteiger charge is 2.18. The third kappa shape index (κ3) is 2.96. The van der Waals surface area contributed by atoms with Gasteiger partial charge in [-0.1, -0.05) is 13.0 Å². The van der Waals surface area contributed by atoms with Crippen LogP contribution in [0.25, 0.3) is 0 Å². The lowest BCUT2D eigenvalue weighted by Gasteiger charge is -2.18. The van der Waals surface area contributed by atoms with E-state index in [0.717, 1.165) is 35.1 Å². The van der Waals surface area contributed by atoms with Crippen molar-refractivity contribution in [3.8, 4) is 11.5 Å². The molecule has 0 fully saturated rings. The SMILES string of the molecule is CCNC(c1ccc(OC)c(OC)c1)c1ccc(C)o1. The molecule has 2 aromatic rings. The first kappa shape index (κ1) is 14.5. The largest absolute Gasteiger partial charge is 0.493 e. The maximum atomic E-state index is 5.75. The highest BCUT2D eigenvalue weighted by Crippen LogP contribution is 2.32. The van der Waals surface area contributed by atoms with E-state index < -0.39 is 0 Å². The average molecular weight is 275 g/mol. The van der Waals surface area contributed by atoms with Crippen LogP contribution in [0.1, 0.15) is 30.0 Å². The van der Waals surface area contributed by atoms with Crippen LogP contribution in [-0.4, -0.2) is 20.8 Å². The molecule has 4 nitrogen and oxygen atoms in total. The highest BCUT2D eigenvalue weighted by atomic mass is 16.5. The summed E-state index contributed by atoms with van der Waals surface area (Å²) in [5, 5.41) is 3.43. The minimum Gasteiger partial charge on any atom is -0.493 e. The second-order valence-corrected chi connectivity index (χ2v) is 4.55. The summed E-state index contributed by atoms with van der Waals surface area (Å²) in [5.41, 5.74) is 1.08. The van der Waals surface area contributed by atoms with Gasteiger partial charge in [0.05, 0.1) is 20.3 Å². The van der Waals surface area contributed by atoms with Crippen LogP contribution in [0, 0.1) is 6.92 Å². The lowest BCUT2D eigenvalue weighted by atomic mass is 10.0. The van der Waals surface area contributed by atoms with Gasteiger partial charge in [0.25, 0.3) is 0 Å². The highest BCUT2D eigenvalue weighted by molar-refractivity contribution is 5.45. The summed E-state index contributed by atoms with van der Waals surface area (Å²) >= 11 is 0. The van der Waals surface area contributed by atoms with Crippen molar-refractivity contribution >= 4 is 0 Å². The topological polar surface area (TPSA) is 43.6 Å². The Morgan fingerprint density at radius 2 is 1.85 bits per heavy atom. The van der Waals surface area contributed by atoms with Crippen LogP contribution in [0.5, 0.6) is 11.5 Å². The number of ether oxygens (including phenoxy) is 2. The van der Waals surface area contributed by atoms with Crippen molar-refractivity contribution < 1.29 is 13.9 Å². The number of hydrogen-bond acceptors (Lipinski definition) is 4. The smallest absolute Gasteiger partial charge is 0.161 e. The molecule has 0 bridgehead atoms. The van der Waals surface area contributed by atoms with Crippen LogP contribution in [0.4, 0.5) is 0 Å². The van der Waals surface area contributed by atoms with Gasteiger partial charge in [-0.3, -0.25) is 0 Å². The zero-order valence-electron chi connectivity index (χ0n) is 12.4. The molecule has 1 aromatic heterocycles. The molecule has 1 atom stereocenters. The number of furan rings is 1. The van der Waals surface area contributed by atoms with Gasteiger partial charge in [-0.25, -0.2) is 0 Å². The maximum Gasteiger partial charge on any atom is 0.161 e. The molecule has 1 unspecified atom stereocenters. The van der Waals surface area contributed by atoms with Crippen molar-refractivity contribution in [3.63, 3.8) is 0 Å². The summed E-state index contributed by atoms with van der Waals surface area (Å²) < 4.78 is 16.4. The molecule has 0 saturated heterocycles. The molecule has 0 aliphatic carbocycles. The average Bonchev–Trinajstić information content (AvgIpc) is 2.90. The summed E-state index contributed by atoms with van der Waals surface area (Å²) in [6, 6.07) is 9.89. The van der Waals surface area contributed by atoms with Gasteiger partial charge in [-0.2, -0.15) is 0 Å². The van der Waals surface area contributed by atoms with Crippen LogP contribution in [0.2, 0.25) is 0 Å². The second kappa shape index (κ2) is 6.48.